The lowest BCUT2D eigenvalue weighted by molar-refractivity contribution is 0.146. The number of hydrogen-bond donors (Lipinski definition) is 2. The van der Waals surface area contributed by atoms with E-state index in [4.69, 9.17) is 19.5 Å². The van der Waals surface area contributed by atoms with Crippen molar-refractivity contribution in [3.63, 3.8) is 0 Å². The highest BCUT2D eigenvalue weighted by atomic mass is 16.5. The van der Waals surface area contributed by atoms with Crippen LogP contribution < -0.4 is 10.2 Å². The first-order valence-corrected chi connectivity index (χ1v) is 4.74. The van der Waals surface area contributed by atoms with Crippen molar-refractivity contribution in [2.24, 2.45) is 0 Å². The highest BCUT2D eigenvalue weighted by Crippen LogP contribution is 2.14. The lowest BCUT2D eigenvalue weighted by atomic mass is 9.78. The van der Waals surface area contributed by atoms with Gasteiger partial charge < -0.3 is 19.5 Å². The van der Waals surface area contributed by atoms with Crippen LogP contribution in [0.2, 0.25) is 0 Å². The number of rotatable bonds is 5. The number of ether oxygens (including phenoxy) is 2. The van der Waals surface area contributed by atoms with Gasteiger partial charge in [0, 0.05) is 12.6 Å². The van der Waals surface area contributed by atoms with E-state index in [1.54, 1.807) is 19.2 Å². The van der Waals surface area contributed by atoms with Crippen molar-refractivity contribution in [3.8, 4) is 5.75 Å². The first-order chi connectivity index (χ1) is 7.16. The van der Waals surface area contributed by atoms with E-state index in [0.717, 1.165) is 5.56 Å². The van der Waals surface area contributed by atoms with E-state index in [9.17, 15) is 0 Å². The monoisotopic (exact) mass is 210 g/mol. The van der Waals surface area contributed by atoms with Gasteiger partial charge in [-0.25, -0.2) is 0 Å². The van der Waals surface area contributed by atoms with Crippen molar-refractivity contribution in [2.75, 3.05) is 20.3 Å². The molecule has 0 aromatic heterocycles. The fourth-order valence-electron chi connectivity index (χ4n) is 1.30. The normalized spacial score (nSPS) is 10.1. The van der Waals surface area contributed by atoms with Crippen LogP contribution in [0, 0.1) is 6.92 Å². The van der Waals surface area contributed by atoms with E-state index in [1.807, 2.05) is 13.0 Å². The van der Waals surface area contributed by atoms with Gasteiger partial charge in [0.1, 0.15) is 12.4 Å². The summed E-state index contributed by atoms with van der Waals surface area (Å²) in [5, 5.41) is 18.3. The number of para-hydroxylation sites is 1. The molecule has 4 nitrogen and oxygen atoms in total. The van der Waals surface area contributed by atoms with Crippen molar-refractivity contribution >= 4 is 12.6 Å². The second-order valence-electron chi connectivity index (χ2n) is 3.21. The molecule has 0 aliphatic carbocycles. The Labute approximate surface area is 89.6 Å². The van der Waals surface area contributed by atoms with Gasteiger partial charge in [-0.3, -0.25) is 0 Å². The highest BCUT2D eigenvalue weighted by Gasteiger charge is 2.18. The van der Waals surface area contributed by atoms with Gasteiger partial charge in [-0.1, -0.05) is 18.2 Å². The molecular formula is C10H15BO4. The maximum atomic E-state index is 9.13. The first kappa shape index (κ1) is 12.0. The summed E-state index contributed by atoms with van der Waals surface area (Å²) in [5.41, 5.74) is 1.25. The van der Waals surface area contributed by atoms with Crippen LogP contribution >= 0.6 is 0 Å². The molecule has 15 heavy (non-hydrogen) atoms. The Hall–Kier alpha value is -1.04. The smallest absolute Gasteiger partial charge is 0.491 e. The Morgan fingerprint density at radius 3 is 2.60 bits per heavy atom. The minimum Gasteiger partial charge on any atom is -0.491 e. The van der Waals surface area contributed by atoms with Crippen LogP contribution in [0.5, 0.6) is 5.75 Å². The Balaban J connectivity index is 2.82. The SMILES string of the molecule is COCCOc1c(C)cccc1B(O)O. The lowest BCUT2D eigenvalue weighted by Crippen LogP contribution is -2.32. The molecule has 0 saturated carbocycles. The molecule has 1 aromatic rings. The van der Waals surface area contributed by atoms with Gasteiger partial charge in [0.15, 0.2) is 0 Å². The van der Waals surface area contributed by atoms with E-state index in [1.165, 1.54) is 0 Å². The van der Waals surface area contributed by atoms with Gasteiger partial charge in [0.25, 0.3) is 0 Å². The van der Waals surface area contributed by atoms with Gasteiger partial charge in [-0.15, -0.1) is 0 Å². The van der Waals surface area contributed by atoms with Crippen LogP contribution in [-0.4, -0.2) is 37.5 Å². The summed E-state index contributed by atoms with van der Waals surface area (Å²) in [7, 11) is 0.0747. The van der Waals surface area contributed by atoms with E-state index >= 15 is 0 Å². The third-order valence-corrected chi connectivity index (χ3v) is 2.05. The molecule has 0 amide bonds. The molecule has 5 heteroatoms. The van der Waals surface area contributed by atoms with Crippen molar-refractivity contribution in [1.82, 2.24) is 0 Å². The fourth-order valence-corrected chi connectivity index (χ4v) is 1.30. The van der Waals surface area contributed by atoms with Crippen molar-refractivity contribution in [2.45, 2.75) is 6.92 Å². The molecule has 0 unspecified atom stereocenters. The lowest BCUT2D eigenvalue weighted by Gasteiger charge is -2.13. The summed E-state index contributed by atoms with van der Waals surface area (Å²) >= 11 is 0. The molecule has 0 radical (unpaired) electrons. The fraction of sp³-hybridized carbons (Fsp3) is 0.400. The van der Waals surface area contributed by atoms with Crippen LogP contribution in [0.3, 0.4) is 0 Å². The van der Waals surface area contributed by atoms with E-state index < -0.39 is 7.12 Å². The van der Waals surface area contributed by atoms with Gasteiger partial charge in [-0.2, -0.15) is 0 Å². The zero-order valence-corrected chi connectivity index (χ0v) is 8.93. The van der Waals surface area contributed by atoms with Gasteiger partial charge in [-0.05, 0) is 12.5 Å². The predicted molar refractivity (Wildman–Crippen MR) is 58.4 cm³/mol. The molecule has 0 saturated heterocycles. The number of hydrogen-bond acceptors (Lipinski definition) is 4. The minimum absolute atomic E-state index is 0.381. The number of methoxy groups -OCH3 is 1. The molecule has 0 fully saturated rings. The van der Waals surface area contributed by atoms with Crippen LogP contribution in [0.15, 0.2) is 18.2 Å². The molecule has 0 spiro atoms. The Kier molecular flexibility index (Phi) is 4.61. The zero-order chi connectivity index (χ0) is 11.3. The quantitative estimate of drug-likeness (QED) is 0.517. The largest absolute Gasteiger partial charge is 0.492 e. The summed E-state index contributed by atoms with van der Waals surface area (Å²) < 4.78 is 10.3. The van der Waals surface area contributed by atoms with E-state index in [-0.39, 0.29) is 0 Å². The molecule has 0 bridgehead atoms. The summed E-state index contributed by atoms with van der Waals surface area (Å²) in [5.74, 6) is 0.518. The van der Waals surface area contributed by atoms with Crippen LogP contribution in [0.25, 0.3) is 0 Å². The summed E-state index contributed by atoms with van der Waals surface area (Å²) in [6.45, 7) is 2.71. The third-order valence-electron chi connectivity index (χ3n) is 2.05. The van der Waals surface area contributed by atoms with Gasteiger partial charge in [0.2, 0.25) is 0 Å². The molecule has 82 valence electrons. The van der Waals surface area contributed by atoms with Crippen molar-refractivity contribution in [1.29, 1.82) is 0 Å². The predicted octanol–water partition coefficient (Wildman–Crippen LogP) is -0.300. The molecule has 1 aromatic carbocycles. The molecule has 0 heterocycles. The Morgan fingerprint density at radius 1 is 1.27 bits per heavy atom. The molecule has 2 N–H and O–H groups in total. The summed E-state index contributed by atoms with van der Waals surface area (Å²) in [6.07, 6.45) is 0. The average molecular weight is 210 g/mol. The highest BCUT2D eigenvalue weighted by molar-refractivity contribution is 6.59. The number of aryl methyl sites for hydroxylation is 1. The van der Waals surface area contributed by atoms with Gasteiger partial charge >= 0.3 is 7.12 Å². The minimum atomic E-state index is -1.51. The molecule has 0 aliphatic heterocycles. The second kappa shape index (κ2) is 5.75. The number of benzene rings is 1. The van der Waals surface area contributed by atoms with Crippen LogP contribution in [0.1, 0.15) is 5.56 Å². The van der Waals surface area contributed by atoms with Crippen molar-refractivity contribution < 1.29 is 19.5 Å². The van der Waals surface area contributed by atoms with E-state index in [0.29, 0.717) is 24.4 Å². The third kappa shape index (κ3) is 3.23. The second-order valence-corrected chi connectivity index (χ2v) is 3.21. The van der Waals surface area contributed by atoms with Crippen LogP contribution in [-0.2, 0) is 4.74 Å². The van der Waals surface area contributed by atoms with E-state index in [2.05, 4.69) is 0 Å². The molecule has 0 aliphatic rings. The Bertz CT molecular complexity index is 314. The summed E-state index contributed by atoms with van der Waals surface area (Å²) in [4.78, 5) is 0. The first-order valence-electron chi connectivity index (χ1n) is 4.74. The van der Waals surface area contributed by atoms with Gasteiger partial charge in [0.05, 0.1) is 6.61 Å². The summed E-state index contributed by atoms with van der Waals surface area (Å²) in [6, 6.07) is 5.24. The maximum absolute atomic E-state index is 9.13. The average Bonchev–Trinajstić information content (AvgIpc) is 2.20. The standard InChI is InChI=1S/C10H15BO4/c1-8-4-3-5-9(11(12)13)10(8)15-7-6-14-2/h3-5,12-13H,6-7H2,1-2H3. The van der Waals surface area contributed by atoms with Crippen molar-refractivity contribution in [3.05, 3.63) is 23.8 Å². The topological polar surface area (TPSA) is 58.9 Å². The molecular weight excluding hydrogens is 195 g/mol. The van der Waals surface area contributed by atoms with Crippen LogP contribution in [0.4, 0.5) is 0 Å². The zero-order valence-electron chi connectivity index (χ0n) is 8.93. The molecule has 1 rings (SSSR count). The molecule has 0 atom stereocenters. The maximum Gasteiger partial charge on any atom is 0.492 e. The Morgan fingerprint density at radius 2 is 2.00 bits per heavy atom.